The van der Waals surface area contributed by atoms with E-state index in [1.54, 1.807) is 18.5 Å². The Labute approximate surface area is 54.3 Å². The Bertz CT molecular complexity index is 191. The standard InChI is InChI=1S/C7H8N2/c1-2-4-7-8-5-3-6-9-7/h2-6H,1H3/b4-2-. The molecule has 0 amide bonds. The Morgan fingerprint density at radius 1 is 1.33 bits per heavy atom. The molecule has 1 aromatic heterocycles. The molecule has 0 unspecified atom stereocenters. The zero-order valence-corrected chi connectivity index (χ0v) is 5.28. The maximum absolute atomic E-state index is 3.97. The Hall–Kier alpha value is -1.18. The van der Waals surface area contributed by atoms with E-state index >= 15 is 0 Å². The Morgan fingerprint density at radius 3 is 2.56 bits per heavy atom. The highest BCUT2D eigenvalue weighted by Gasteiger charge is 1.80. The summed E-state index contributed by atoms with van der Waals surface area (Å²) < 4.78 is 0. The smallest absolute Gasteiger partial charge is 0.151 e. The van der Waals surface area contributed by atoms with Crippen molar-refractivity contribution in [3.63, 3.8) is 0 Å². The van der Waals surface area contributed by atoms with E-state index in [4.69, 9.17) is 0 Å². The summed E-state index contributed by atoms with van der Waals surface area (Å²) in [5.41, 5.74) is 0. The molecule has 0 aromatic carbocycles. The fraction of sp³-hybridized carbons (Fsp3) is 0.143. The van der Waals surface area contributed by atoms with Crippen molar-refractivity contribution in [2.24, 2.45) is 0 Å². The highest BCUT2D eigenvalue weighted by molar-refractivity contribution is 5.37. The van der Waals surface area contributed by atoms with Gasteiger partial charge >= 0.3 is 0 Å². The van der Waals surface area contributed by atoms with Crippen LogP contribution >= 0.6 is 0 Å². The summed E-state index contributed by atoms with van der Waals surface area (Å²) in [6, 6.07) is 1.80. The van der Waals surface area contributed by atoms with Gasteiger partial charge in [-0.1, -0.05) is 6.08 Å². The minimum atomic E-state index is 0.764. The van der Waals surface area contributed by atoms with Crippen LogP contribution < -0.4 is 0 Å². The average Bonchev–Trinajstić information content (AvgIpc) is 1.91. The van der Waals surface area contributed by atoms with Gasteiger partial charge < -0.3 is 0 Å². The number of hydrogen-bond acceptors (Lipinski definition) is 2. The molecule has 1 rings (SSSR count). The van der Waals surface area contributed by atoms with E-state index in [0.717, 1.165) is 5.82 Å². The summed E-state index contributed by atoms with van der Waals surface area (Å²) in [7, 11) is 0. The number of nitrogens with zero attached hydrogens (tertiary/aromatic N) is 2. The highest BCUT2D eigenvalue weighted by atomic mass is 14.8. The molecule has 0 fully saturated rings. The maximum atomic E-state index is 3.97. The van der Waals surface area contributed by atoms with E-state index in [9.17, 15) is 0 Å². The second kappa shape index (κ2) is 2.97. The van der Waals surface area contributed by atoms with Gasteiger partial charge in [-0.15, -0.1) is 0 Å². The van der Waals surface area contributed by atoms with Crippen molar-refractivity contribution in [1.82, 2.24) is 9.97 Å². The van der Waals surface area contributed by atoms with Crippen molar-refractivity contribution in [3.8, 4) is 0 Å². The van der Waals surface area contributed by atoms with Crippen LogP contribution in [0.2, 0.25) is 0 Å². The summed E-state index contributed by atoms with van der Waals surface area (Å²) >= 11 is 0. The van der Waals surface area contributed by atoms with E-state index in [2.05, 4.69) is 9.97 Å². The van der Waals surface area contributed by atoms with Gasteiger partial charge in [0.25, 0.3) is 0 Å². The number of rotatable bonds is 1. The van der Waals surface area contributed by atoms with Gasteiger partial charge in [-0.25, -0.2) is 9.97 Å². The quantitative estimate of drug-likeness (QED) is 0.561. The molecule has 0 atom stereocenters. The SMILES string of the molecule is C/C=C\c1ncccn1. The van der Waals surface area contributed by atoms with Gasteiger partial charge in [-0.3, -0.25) is 0 Å². The Kier molecular flexibility index (Phi) is 1.96. The first-order chi connectivity index (χ1) is 4.43. The molecule has 0 aliphatic carbocycles. The number of allylic oxidation sites excluding steroid dienone is 1. The Morgan fingerprint density at radius 2 is 2.00 bits per heavy atom. The van der Waals surface area contributed by atoms with Crippen LogP contribution in [-0.4, -0.2) is 9.97 Å². The summed E-state index contributed by atoms with van der Waals surface area (Å²) in [6.45, 7) is 1.94. The van der Waals surface area contributed by atoms with Crippen LogP contribution in [0.15, 0.2) is 24.5 Å². The molecule has 0 radical (unpaired) electrons. The van der Waals surface area contributed by atoms with Gasteiger partial charge in [-0.2, -0.15) is 0 Å². The monoisotopic (exact) mass is 120 g/mol. The molecular weight excluding hydrogens is 112 g/mol. The van der Waals surface area contributed by atoms with Crippen LogP contribution in [0.1, 0.15) is 12.7 Å². The van der Waals surface area contributed by atoms with Crippen molar-refractivity contribution in [3.05, 3.63) is 30.4 Å². The summed E-state index contributed by atoms with van der Waals surface area (Å²) in [5, 5.41) is 0. The molecule has 46 valence electrons. The molecule has 0 aliphatic rings. The molecule has 2 heteroatoms. The summed E-state index contributed by atoms with van der Waals surface area (Å²) in [4.78, 5) is 7.94. The van der Waals surface area contributed by atoms with Crippen LogP contribution in [-0.2, 0) is 0 Å². The van der Waals surface area contributed by atoms with Crippen molar-refractivity contribution < 1.29 is 0 Å². The van der Waals surface area contributed by atoms with Crippen LogP contribution in [0, 0.1) is 0 Å². The summed E-state index contributed by atoms with van der Waals surface area (Å²) in [5.74, 6) is 0.764. The van der Waals surface area contributed by atoms with E-state index in [-0.39, 0.29) is 0 Å². The Balaban J connectivity index is 2.85. The molecule has 1 heterocycles. The lowest BCUT2D eigenvalue weighted by atomic mass is 10.5. The second-order valence-electron chi connectivity index (χ2n) is 1.61. The fourth-order valence-corrected chi connectivity index (χ4v) is 0.546. The molecule has 0 saturated heterocycles. The van der Waals surface area contributed by atoms with Crippen LogP contribution in [0.25, 0.3) is 6.08 Å². The largest absolute Gasteiger partial charge is 0.237 e. The molecule has 1 aromatic rings. The maximum Gasteiger partial charge on any atom is 0.151 e. The molecular formula is C7H8N2. The number of hydrogen-bond donors (Lipinski definition) is 0. The van der Waals surface area contributed by atoms with Gasteiger partial charge in [-0.05, 0) is 19.1 Å². The van der Waals surface area contributed by atoms with Gasteiger partial charge in [0.2, 0.25) is 0 Å². The molecule has 0 N–H and O–H groups in total. The topological polar surface area (TPSA) is 25.8 Å². The third-order valence-electron chi connectivity index (χ3n) is 0.901. The lowest BCUT2D eigenvalue weighted by Gasteiger charge is -1.85. The predicted octanol–water partition coefficient (Wildman–Crippen LogP) is 1.51. The first-order valence-corrected chi connectivity index (χ1v) is 2.83. The fourth-order valence-electron chi connectivity index (χ4n) is 0.546. The minimum absolute atomic E-state index is 0.764. The molecule has 0 spiro atoms. The molecule has 0 aliphatic heterocycles. The van der Waals surface area contributed by atoms with Crippen molar-refractivity contribution in [1.29, 1.82) is 0 Å². The van der Waals surface area contributed by atoms with Crippen LogP contribution in [0.4, 0.5) is 0 Å². The van der Waals surface area contributed by atoms with Crippen LogP contribution in [0.5, 0.6) is 0 Å². The van der Waals surface area contributed by atoms with Crippen molar-refractivity contribution in [2.45, 2.75) is 6.92 Å². The zero-order valence-electron chi connectivity index (χ0n) is 5.28. The summed E-state index contributed by atoms with van der Waals surface area (Å²) in [6.07, 6.45) is 7.22. The van der Waals surface area contributed by atoms with Gasteiger partial charge in [0.05, 0.1) is 0 Å². The van der Waals surface area contributed by atoms with Gasteiger partial charge in [0.15, 0.2) is 5.82 Å². The van der Waals surface area contributed by atoms with Gasteiger partial charge in [0.1, 0.15) is 0 Å². The van der Waals surface area contributed by atoms with Crippen molar-refractivity contribution >= 4 is 6.08 Å². The average molecular weight is 120 g/mol. The normalized spacial score (nSPS) is 10.3. The van der Waals surface area contributed by atoms with E-state index in [1.165, 1.54) is 0 Å². The second-order valence-corrected chi connectivity index (χ2v) is 1.61. The van der Waals surface area contributed by atoms with Crippen LogP contribution in [0.3, 0.4) is 0 Å². The lowest BCUT2D eigenvalue weighted by molar-refractivity contribution is 1.13. The third kappa shape index (κ3) is 1.64. The molecule has 9 heavy (non-hydrogen) atoms. The molecule has 0 bridgehead atoms. The minimum Gasteiger partial charge on any atom is -0.237 e. The highest BCUT2D eigenvalue weighted by Crippen LogP contribution is 1.88. The van der Waals surface area contributed by atoms with E-state index < -0.39 is 0 Å². The van der Waals surface area contributed by atoms with E-state index in [1.807, 2.05) is 19.1 Å². The third-order valence-corrected chi connectivity index (χ3v) is 0.901. The predicted molar refractivity (Wildman–Crippen MR) is 36.7 cm³/mol. The first-order valence-electron chi connectivity index (χ1n) is 2.83. The van der Waals surface area contributed by atoms with E-state index in [0.29, 0.717) is 0 Å². The number of aromatic nitrogens is 2. The van der Waals surface area contributed by atoms with Gasteiger partial charge in [0, 0.05) is 12.4 Å². The first kappa shape index (κ1) is 5.95. The molecule has 2 nitrogen and oxygen atoms in total. The lowest BCUT2D eigenvalue weighted by Crippen LogP contribution is -1.81. The zero-order chi connectivity index (χ0) is 6.53. The molecule has 0 saturated carbocycles. The van der Waals surface area contributed by atoms with Crippen molar-refractivity contribution in [2.75, 3.05) is 0 Å².